The van der Waals surface area contributed by atoms with Gasteiger partial charge in [-0.2, -0.15) is 0 Å². The third-order valence-corrected chi connectivity index (χ3v) is 0. The predicted molar refractivity (Wildman–Crippen MR) is 101 cm³/mol. The zero-order valence-corrected chi connectivity index (χ0v) is 26.0. The van der Waals surface area contributed by atoms with Crippen LogP contribution in [0.3, 0.4) is 0 Å². The van der Waals surface area contributed by atoms with Crippen molar-refractivity contribution in [3.8, 4) is 0 Å². The molecule has 0 atom stereocenters. The van der Waals surface area contributed by atoms with E-state index >= 15 is 0 Å². The second kappa shape index (κ2) is 39.8. The molecule has 0 aromatic carbocycles. The maximum Gasteiger partial charge on any atom is 4.00 e. The van der Waals surface area contributed by atoms with E-state index in [2.05, 4.69) is 0 Å². The zero-order chi connectivity index (χ0) is 26.9. The minimum atomic E-state index is -4.94. The maximum absolute atomic E-state index is 9.56. The van der Waals surface area contributed by atoms with Gasteiger partial charge >= 0.3 is 18.6 Å². The van der Waals surface area contributed by atoms with Crippen LogP contribution < -0.4 is 37.3 Å². The van der Waals surface area contributed by atoms with E-state index in [1.165, 1.54) is 0 Å². The van der Waals surface area contributed by atoms with Crippen LogP contribution in [-0.4, -0.2) is 83.6 Å². The van der Waals surface area contributed by atoms with Crippen LogP contribution in [0.25, 0.3) is 0 Å². The molecule has 0 N–H and O–H groups in total. The fourth-order valence-corrected chi connectivity index (χ4v) is 0. The van der Waals surface area contributed by atoms with Crippen LogP contribution in [0.4, 0.5) is 0 Å². The molecule has 0 aromatic rings. The first kappa shape index (κ1) is 59.0. The molecule has 0 unspecified atom stereocenters. The third kappa shape index (κ3) is 12200. The molecule has 0 saturated carbocycles. The van der Waals surface area contributed by atoms with Crippen molar-refractivity contribution in [2.45, 2.75) is 0 Å². The van der Waals surface area contributed by atoms with E-state index in [-0.39, 0.29) is 24.0 Å². The molecule has 203 valence electrons. The monoisotopic (exact) mass is 655 g/mol. The molecule has 0 rings (SSSR count). The molecule has 0 aliphatic carbocycles. The molecule has 14 nitrogen and oxygen atoms in total. The van der Waals surface area contributed by atoms with Gasteiger partial charge in [-0.15, -0.1) is 20.5 Å². The van der Waals surface area contributed by atoms with Gasteiger partial charge in [0.2, 0.25) is 0 Å². The number of hydrogen-bond acceptors (Lipinski definition) is 13. The van der Waals surface area contributed by atoms with Crippen molar-refractivity contribution < 1.29 is 103 Å². The van der Waals surface area contributed by atoms with Gasteiger partial charge in [0.05, 0.1) is 0 Å². The normalized spacial score (nSPS) is 9.22. The van der Waals surface area contributed by atoms with E-state index in [1.807, 2.05) is 0 Å². The van der Waals surface area contributed by atoms with Crippen molar-refractivity contribution in [3.63, 3.8) is 0 Å². The molecule has 0 heterocycles. The van der Waals surface area contributed by atoms with Crippen LogP contribution in [0.1, 0.15) is 0 Å². The van der Waals surface area contributed by atoms with Gasteiger partial charge in [0.1, 0.15) is 0 Å². The molecule has 1 radical (unpaired) electrons. The predicted octanol–water partition coefficient (Wildman–Crippen LogP) is -9.66. The molecule has 0 bridgehead atoms. The van der Waals surface area contributed by atoms with Crippen molar-refractivity contribution in [1.29, 1.82) is 0 Å². The van der Waals surface area contributed by atoms with E-state index in [0.717, 1.165) is 0 Å². The summed E-state index contributed by atoms with van der Waals surface area (Å²) in [4.78, 5) is 0. The Bertz CT molecular complexity index is 360. The first-order valence-electron chi connectivity index (χ1n) is 6.15. The Labute approximate surface area is 218 Å². The Balaban J connectivity index is -0.0000000273. The number of hydrogen-bond donors (Lipinski definition) is 0. The van der Waals surface area contributed by atoms with Crippen molar-refractivity contribution in [2.24, 2.45) is 0 Å². The summed E-state index contributed by atoms with van der Waals surface area (Å²) in [5.41, 5.74) is 0. The molecule has 0 amide bonds. The second-order valence-corrected chi connectivity index (χ2v) is 13.4. The van der Waals surface area contributed by atoms with Gasteiger partial charge in [0.25, 0.3) is 0 Å². The van der Waals surface area contributed by atoms with Crippen LogP contribution in [0.2, 0.25) is 0 Å². The van der Waals surface area contributed by atoms with Gasteiger partial charge in [-0.3, -0.25) is 21.0 Å². The van der Waals surface area contributed by atoms with Crippen molar-refractivity contribution in [2.75, 3.05) is 62.6 Å². The van der Waals surface area contributed by atoms with Gasteiger partial charge in [-0.25, -0.2) is 37.3 Å². The Kier molecular flexibility index (Phi) is 73.3. The maximum atomic E-state index is 9.56. The summed E-state index contributed by atoms with van der Waals surface area (Å²) in [6.45, 7) is 0. The number of rotatable bonds is 0. The van der Waals surface area contributed by atoms with E-state index in [1.54, 1.807) is 62.6 Å². The minimum absolute atomic E-state index is 0. The Hall–Kier alpha value is 1.55. The Morgan fingerprint density at radius 1 is 0.375 bits per heavy atom. The molecular formula is C10H30Cl2O14S5V. The summed E-state index contributed by atoms with van der Waals surface area (Å²) in [6, 6.07) is 0. The average Bonchev–Trinajstić information content (AvgIpc) is 2.16. The number of halogens is 2. The topological polar surface area (TPSA) is 298 Å². The quantitative estimate of drug-likeness (QED) is 0.234. The average molecular weight is 657 g/mol. The largest absolute Gasteiger partial charge is 4.00 e. The standard InChI is InChI=1S/5C2H6OS.2ClHO4.O.V/c5*1-4(2)3;2*2-1(3,4)5;;/h5*1-2H3;2*(H,2,3,4,5);;/q;;;;;;;-2;+4/p-2. The molecule has 22 heteroatoms. The molecule has 0 spiro atoms. The van der Waals surface area contributed by atoms with E-state index in [0.29, 0.717) is 0 Å². The smallest absolute Gasteiger partial charge is 2.00 e. The summed E-state index contributed by atoms with van der Waals surface area (Å²) in [7, 11) is -12.9. The summed E-state index contributed by atoms with van der Waals surface area (Å²) in [5.74, 6) is 0. The summed E-state index contributed by atoms with van der Waals surface area (Å²) < 4.78 is 116. The molecule has 0 fully saturated rings. The summed E-state index contributed by atoms with van der Waals surface area (Å²) in [6.07, 6.45) is 16.4. The van der Waals surface area contributed by atoms with Gasteiger partial charge in [-0.05, 0) is 0 Å². The van der Waals surface area contributed by atoms with E-state index in [4.69, 9.17) is 37.3 Å². The van der Waals surface area contributed by atoms with Gasteiger partial charge in [0, 0.05) is 117 Å². The first-order chi connectivity index (χ1) is 12.7. The zero-order valence-electron chi connectivity index (χ0n) is 19.0. The van der Waals surface area contributed by atoms with Crippen molar-refractivity contribution in [3.05, 3.63) is 0 Å². The summed E-state index contributed by atoms with van der Waals surface area (Å²) in [5, 5.41) is 0. The first-order valence-corrected chi connectivity index (χ1v) is 18.5. The van der Waals surface area contributed by atoms with E-state index < -0.39 is 74.5 Å². The third-order valence-electron chi connectivity index (χ3n) is 0. The molecular weight excluding hydrogens is 626 g/mol. The van der Waals surface area contributed by atoms with Gasteiger partial charge in [-0.1, -0.05) is 0 Å². The Morgan fingerprint density at radius 2 is 0.375 bits per heavy atom. The molecule has 0 saturated heterocycles. The Morgan fingerprint density at radius 3 is 0.375 bits per heavy atom. The SMILES string of the molecule is CS(C)=O.CS(C)=O.CS(C)=O.CS(C)=O.CS(C)=O.[O-2].[O-][Cl+3]([O-])([O-])[O-].[O-][Cl+3]([O-])([O-])[O-].[V+4]. The van der Waals surface area contributed by atoms with E-state index in [9.17, 15) is 21.0 Å². The molecule has 0 aromatic heterocycles. The minimum Gasteiger partial charge on any atom is -2.00 e. The van der Waals surface area contributed by atoms with Gasteiger partial charge in [0.15, 0.2) is 0 Å². The van der Waals surface area contributed by atoms with Crippen LogP contribution in [0, 0.1) is 20.5 Å². The second-order valence-electron chi connectivity index (χ2n) is 4.46. The van der Waals surface area contributed by atoms with Gasteiger partial charge < -0.3 is 5.48 Å². The van der Waals surface area contributed by atoms with Crippen LogP contribution in [0.15, 0.2) is 0 Å². The van der Waals surface area contributed by atoms with Crippen LogP contribution >= 0.6 is 0 Å². The van der Waals surface area contributed by atoms with Crippen LogP contribution in [0.5, 0.6) is 0 Å². The fourth-order valence-electron chi connectivity index (χ4n) is 0. The summed E-state index contributed by atoms with van der Waals surface area (Å²) >= 11 is 0. The van der Waals surface area contributed by atoms with Crippen molar-refractivity contribution in [1.82, 2.24) is 0 Å². The van der Waals surface area contributed by atoms with Crippen molar-refractivity contribution >= 4 is 54.0 Å². The fraction of sp³-hybridized carbons (Fsp3) is 1.00. The molecule has 0 aliphatic rings. The molecule has 0 aliphatic heterocycles. The van der Waals surface area contributed by atoms with Crippen LogP contribution in [-0.2, 0) is 78.0 Å². The molecule has 32 heavy (non-hydrogen) atoms.